The van der Waals surface area contributed by atoms with E-state index < -0.39 is 0 Å². The van der Waals surface area contributed by atoms with Gasteiger partial charge < -0.3 is 0 Å². The summed E-state index contributed by atoms with van der Waals surface area (Å²) in [6.45, 7) is 0. The van der Waals surface area contributed by atoms with Gasteiger partial charge in [0.1, 0.15) is 0 Å². The maximum absolute atomic E-state index is 10.1. The van der Waals surface area contributed by atoms with Crippen LogP contribution in [0.2, 0.25) is 0 Å². The third kappa shape index (κ3) is 0.996. The Morgan fingerprint density at radius 2 is 2.50 bits per heavy atom. The Morgan fingerprint density at radius 3 is 2.75 bits per heavy atom. The maximum atomic E-state index is 10.1. The fourth-order valence-corrected chi connectivity index (χ4v) is 1.58. The van der Waals surface area contributed by atoms with Gasteiger partial charge in [-0.2, -0.15) is 0 Å². The summed E-state index contributed by atoms with van der Waals surface area (Å²) < 4.78 is 0.972. The normalized spacial score (nSPS) is 9.00. The van der Waals surface area contributed by atoms with Gasteiger partial charge in [0.05, 0.1) is 0 Å². The Bertz CT molecular complexity index is 194. The predicted octanol–water partition coefficient (Wildman–Crippen LogP) is 0.354. The van der Waals surface area contributed by atoms with E-state index in [0.29, 0.717) is 0 Å². The summed E-state index contributed by atoms with van der Waals surface area (Å²) in [6, 6.07) is 1.80. The summed E-state index contributed by atoms with van der Waals surface area (Å²) in [5, 5.41) is 1.88. The molecule has 0 saturated carbocycles. The summed E-state index contributed by atoms with van der Waals surface area (Å²) in [5.74, 6) is 0. The molecular formula is C5H3OSSe. The van der Waals surface area contributed by atoms with Crippen molar-refractivity contribution in [1.29, 1.82) is 0 Å². The molecule has 0 bridgehead atoms. The van der Waals surface area contributed by atoms with E-state index in [0.717, 1.165) is 15.6 Å². The molecule has 0 unspecified atom stereocenters. The molecule has 0 saturated heterocycles. The van der Waals surface area contributed by atoms with E-state index in [1.165, 1.54) is 0 Å². The Labute approximate surface area is 59.5 Å². The number of thiophene rings is 1. The van der Waals surface area contributed by atoms with Crippen LogP contribution in [-0.4, -0.2) is 22.3 Å². The van der Waals surface area contributed by atoms with Crippen LogP contribution in [0.15, 0.2) is 11.4 Å². The first-order valence-electron chi connectivity index (χ1n) is 2.04. The van der Waals surface area contributed by atoms with Gasteiger partial charge >= 0.3 is 59.2 Å². The molecule has 1 rings (SSSR count). The zero-order chi connectivity index (χ0) is 5.98. The molecule has 1 nitrogen and oxygen atoms in total. The van der Waals surface area contributed by atoms with E-state index in [1.807, 2.05) is 5.38 Å². The first-order chi connectivity index (χ1) is 3.84. The van der Waals surface area contributed by atoms with Crippen LogP contribution in [0.5, 0.6) is 0 Å². The fourth-order valence-electron chi connectivity index (χ4n) is 0.393. The number of hydrogen-bond acceptors (Lipinski definition) is 2. The molecule has 1 heterocycles. The molecule has 0 N–H and O–H groups in total. The molecule has 1 radical (unpaired) electrons. The van der Waals surface area contributed by atoms with Crippen molar-refractivity contribution >= 4 is 37.4 Å². The van der Waals surface area contributed by atoms with E-state index in [2.05, 4.69) is 16.0 Å². The monoisotopic (exact) mass is 191 g/mol. The summed E-state index contributed by atoms with van der Waals surface area (Å²) in [7, 11) is 0. The van der Waals surface area contributed by atoms with Gasteiger partial charge in [0.2, 0.25) is 0 Å². The molecule has 8 heavy (non-hydrogen) atoms. The van der Waals surface area contributed by atoms with Crippen molar-refractivity contribution in [2.75, 3.05) is 0 Å². The number of carbonyl (C=O) groups excluding carboxylic acids is 1. The van der Waals surface area contributed by atoms with Crippen molar-refractivity contribution < 1.29 is 4.79 Å². The van der Waals surface area contributed by atoms with Crippen LogP contribution >= 0.6 is 11.3 Å². The average Bonchev–Trinajstić information content (AvgIpc) is 2.14. The van der Waals surface area contributed by atoms with Crippen molar-refractivity contribution in [1.82, 2.24) is 0 Å². The number of carbonyl (C=O) groups is 1. The van der Waals surface area contributed by atoms with Gasteiger partial charge in [-0.25, -0.2) is 0 Å². The molecule has 1 aromatic heterocycles. The molecular weight excluding hydrogens is 187 g/mol. The van der Waals surface area contributed by atoms with Crippen LogP contribution in [0.25, 0.3) is 0 Å². The van der Waals surface area contributed by atoms with Crippen molar-refractivity contribution in [3.05, 3.63) is 17.0 Å². The second-order valence-corrected chi connectivity index (χ2v) is 3.64. The third-order valence-corrected chi connectivity index (χ3v) is 2.61. The summed E-state index contributed by atoms with van der Waals surface area (Å²) in [6.07, 6.45) is 0.850. The van der Waals surface area contributed by atoms with Gasteiger partial charge in [-0.1, -0.05) is 0 Å². The van der Waals surface area contributed by atoms with Gasteiger partial charge in [0, 0.05) is 0 Å². The summed E-state index contributed by atoms with van der Waals surface area (Å²) in [4.78, 5) is 10.1. The average molecular weight is 190 g/mol. The van der Waals surface area contributed by atoms with Gasteiger partial charge in [-0.05, 0) is 0 Å². The van der Waals surface area contributed by atoms with Crippen molar-refractivity contribution in [2.24, 2.45) is 0 Å². The quantitative estimate of drug-likeness (QED) is 0.461. The Hall–Kier alpha value is -0.111. The molecule has 0 amide bonds. The van der Waals surface area contributed by atoms with E-state index in [9.17, 15) is 4.79 Å². The topological polar surface area (TPSA) is 17.1 Å². The van der Waals surface area contributed by atoms with E-state index in [-0.39, 0.29) is 0 Å². The number of aldehydes is 1. The van der Waals surface area contributed by atoms with E-state index >= 15 is 0 Å². The Balaban J connectivity index is 3.09. The van der Waals surface area contributed by atoms with Crippen LogP contribution in [-0.2, 0) is 0 Å². The number of hydrogen-bond donors (Lipinski definition) is 0. The van der Waals surface area contributed by atoms with Gasteiger partial charge in [-0.15, -0.1) is 0 Å². The molecule has 41 valence electrons. The van der Waals surface area contributed by atoms with Crippen molar-refractivity contribution in [2.45, 2.75) is 0 Å². The van der Waals surface area contributed by atoms with Crippen molar-refractivity contribution in [3.63, 3.8) is 0 Å². The predicted molar refractivity (Wildman–Crippen MR) is 35.1 cm³/mol. The molecule has 0 spiro atoms. The van der Waals surface area contributed by atoms with Crippen LogP contribution in [0.1, 0.15) is 10.4 Å². The Morgan fingerprint density at radius 1 is 1.75 bits per heavy atom. The Kier molecular flexibility index (Phi) is 1.84. The molecule has 0 aliphatic carbocycles. The number of rotatable bonds is 1. The van der Waals surface area contributed by atoms with Crippen LogP contribution in [0.4, 0.5) is 0 Å². The fraction of sp³-hybridized carbons (Fsp3) is 0. The molecule has 3 heteroatoms. The van der Waals surface area contributed by atoms with Crippen LogP contribution in [0, 0.1) is 0 Å². The van der Waals surface area contributed by atoms with Gasteiger partial charge in [-0.3, -0.25) is 0 Å². The minimum atomic E-state index is 0.759. The summed E-state index contributed by atoms with van der Waals surface area (Å²) >= 11 is 4.33. The standard InChI is InChI=1S/C5H3OSSe/c6-3-4-1-2-7-5(4)8/h1-3H. The molecule has 1 aromatic rings. The molecule has 0 aliphatic heterocycles. The third-order valence-electron chi connectivity index (χ3n) is 0.785. The van der Waals surface area contributed by atoms with Crippen LogP contribution < -0.4 is 3.78 Å². The summed E-state index contributed by atoms with van der Waals surface area (Å²) in [5.41, 5.74) is 0.759. The van der Waals surface area contributed by atoms with E-state index in [4.69, 9.17) is 0 Å². The first-order valence-corrected chi connectivity index (χ1v) is 3.78. The van der Waals surface area contributed by atoms with E-state index in [1.54, 1.807) is 17.4 Å². The second kappa shape index (κ2) is 2.44. The zero-order valence-corrected chi connectivity index (χ0v) is 6.49. The second-order valence-electron chi connectivity index (χ2n) is 1.28. The zero-order valence-electron chi connectivity index (χ0n) is 3.96. The first kappa shape index (κ1) is 6.02. The van der Waals surface area contributed by atoms with Gasteiger partial charge in [0.15, 0.2) is 0 Å². The van der Waals surface area contributed by atoms with Crippen LogP contribution in [0.3, 0.4) is 0 Å². The minimum absolute atomic E-state index is 0.759. The molecule has 0 atom stereocenters. The SMILES string of the molecule is O=Cc1ccsc1[Se]. The molecule has 0 fully saturated rings. The molecule has 0 aliphatic rings. The molecule has 0 aromatic carbocycles. The van der Waals surface area contributed by atoms with Crippen molar-refractivity contribution in [3.8, 4) is 0 Å². The van der Waals surface area contributed by atoms with Gasteiger partial charge in [0.25, 0.3) is 0 Å².